The molecule has 0 fully saturated rings. The minimum atomic E-state index is -4.31. The van der Waals surface area contributed by atoms with Gasteiger partial charge in [-0.2, -0.15) is 13.2 Å². The number of rotatable bonds is 3. The van der Waals surface area contributed by atoms with Gasteiger partial charge in [-0.1, -0.05) is 25.1 Å². The molecule has 0 saturated heterocycles. The van der Waals surface area contributed by atoms with E-state index in [0.717, 1.165) is 5.56 Å². The molecule has 0 aliphatic rings. The molecule has 15 heavy (non-hydrogen) atoms. The molecule has 0 bridgehead atoms. The van der Waals surface area contributed by atoms with Crippen LogP contribution >= 0.6 is 0 Å². The molecule has 0 saturated carbocycles. The predicted octanol–water partition coefficient (Wildman–Crippen LogP) is 3.60. The molecule has 0 spiro atoms. The van der Waals surface area contributed by atoms with E-state index in [9.17, 15) is 13.2 Å². The van der Waals surface area contributed by atoms with Crippen LogP contribution in [0.4, 0.5) is 18.9 Å². The highest BCUT2D eigenvalue weighted by atomic mass is 19.4. The Kier molecular flexibility index (Phi) is 3.61. The van der Waals surface area contributed by atoms with Crippen molar-refractivity contribution in [3.05, 3.63) is 29.8 Å². The molecule has 0 atom stereocenters. The maximum Gasteiger partial charge on any atom is 0.484 e. The van der Waals surface area contributed by atoms with Crippen LogP contribution < -0.4 is 4.90 Å². The first kappa shape index (κ1) is 11.9. The van der Waals surface area contributed by atoms with Crippen molar-refractivity contribution in [1.82, 2.24) is 0 Å². The first-order valence-corrected chi connectivity index (χ1v) is 4.93. The SMILES string of the molecule is CCc1ccccc1N(CC)C(F)(F)F. The molecule has 1 aromatic rings. The maximum absolute atomic E-state index is 12.6. The first-order chi connectivity index (χ1) is 7.00. The van der Waals surface area contributed by atoms with Gasteiger partial charge in [0.05, 0.1) is 0 Å². The van der Waals surface area contributed by atoms with Gasteiger partial charge in [0, 0.05) is 12.2 Å². The molecule has 0 unspecified atom stereocenters. The summed E-state index contributed by atoms with van der Waals surface area (Å²) in [5.41, 5.74) is 0.978. The average molecular weight is 217 g/mol. The van der Waals surface area contributed by atoms with E-state index < -0.39 is 6.30 Å². The third-order valence-electron chi connectivity index (χ3n) is 2.29. The molecule has 0 N–H and O–H groups in total. The summed E-state index contributed by atoms with van der Waals surface area (Å²) in [6.45, 7) is 3.28. The second-order valence-corrected chi connectivity index (χ2v) is 3.19. The van der Waals surface area contributed by atoms with Gasteiger partial charge in [-0.25, -0.2) is 0 Å². The topological polar surface area (TPSA) is 3.24 Å². The molecule has 0 aliphatic carbocycles. The van der Waals surface area contributed by atoms with Crippen molar-refractivity contribution in [2.24, 2.45) is 0 Å². The molecular weight excluding hydrogens is 203 g/mol. The largest absolute Gasteiger partial charge is 0.484 e. The molecule has 1 rings (SSSR count). The summed E-state index contributed by atoms with van der Waals surface area (Å²) in [5.74, 6) is 0. The quantitative estimate of drug-likeness (QED) is 0.699. The minimum Gasteiger partial charge on any atom is -0.284 e. The Hall–Kier alpha value is -1.19. The summed E-state index contributed by atoms with van der Waals surface area (Å²) in [5, 5.41) is 0. The average Bonchev–Trinajstić information content (AvgIpc) is 2.17. The molecule has 0 aromatic heterocycles. The van der Waals surface area contributed by atoms with Gasteiger partial charge in [-0.05, 0) is 25.0 Å². The van der Waals surface area contributed by atoms with Crippen LogP contribution in [0.3, 0.4) is 0 Å². The number of alkyl halides is 3. The Morgan fingerprint density at radius 2 is 1.73 bits per heavy atom. The summed E-state index contributed by atoms with van der Waals surface area (Å²) in [6, 6.07) is 6.62. The third kappa shape index (κ3) is 2.64. The van der Waals surface area contributed by atoms with Gasteiger partial charge >= 0.3 is 6.30 Å². The molecule has 1 aromatic carbocycles. The first-order valence-electron chi connectivity index (χ1n) is 4.93. The van der Waals surface area contributed by atoms with E-state index in [4.69, 9.17) is 0 Å². The normalized spacial score (nSPS) is 11.5. The second kappa shape index (κ2) is 4.55. The number of hydrogen-bond donors (Lipinski definition) is 0. The van der Waals surface area contributed by atoms with Gasteiger partial charge in [-0.15, -0.1) is 0 Å². The van der Waals surface area contributed by atoms with E-state index in [2.05, 4.69) is 0 Å². The molecule has 0 aliphatic heterocycles. The number of anilines is 1. The van der Waals surface area contributed by atoms with Gasteiger partial charge in [-0.3, -0.25) is 4.90 Å². The molecule has 0 amide bonds. The Balaban J connectivity index is 3.12. The number of para-hydroxylation sites is 1. The lowest BCUT2D eigenvalue weighted by atomic mass is 10.1. The number of aryl methyl sites for hydroxylation is 1. The van der Waals surface area contributed by atoms with Gasteiger partial charge in [0.2, 0.25) is 0 Å². The smallest absolute Gasteiger partial charge is 0.284 e. The van der Waals surface area contributed by atoms with Crippen molar-refractivity contribution in [2.75, 3.05) is 11.4 Å². The Morgan fingerprint density at radius 3 is 2.20 bits per heavy atom. The van der Waals surface area contributed by atoms with Crippen LogP contribution in [-0.2, 0) is 6.42 Å². The zero-order valence-corrected chi connectivity index (χ0v) is 8.80. The standard InChI is InChI=1S/C11H14F3N/c1-3-9-7-5-6-8-10(9)15(4-2)11(12,13)14/h5-8H,3-4H2,1-2H3. The predicted molar refractivity (Wildman–Crippen MR) is 54.9 cm³/mol. The lowest BCUT2D eigenvalue weighted by Gasteiger charge is -2.27. The van der Waals surface area contributed by atoms with E-state index >= 15 is 0 Å². The summed E-state index contributed by atoms with van der Waals surface area (Å²) >= 11 is 0. The van der Waals surface area contributed by atoms with Crippen molar-refractivity contribution >= 4 is 5.69 Å². The van der Waals surface area contributed by atoms with Gasteiger partial charge in [0.25, 0.3) is 0 Å². The fourth-order valence-corrected chi connectivity index (χ4v) is 1.56. The van der Waals surface area contributed by atoms with Crippen molar-refractivity contribution < 1.29 is 13.2 Å². The van der Waals surface area contributed by atoms with Crippen LogP contribution in [-0.4, -0.2) is 12.8 Å². The van der Waals surface area contributed by atoms with Crippen LogP contribution in [0.2, 0.25) is 0 Å². The third-order valence-corrected chi connectivity index (χ3v) is 2.29. The van der Waals surface area contributed by atoms with Crippen molar-refractivity contribution in [1.29, 1.82) is 0 Å². The Labute approximate surface area is 87.5 Å². The molecule has 4 heteroatoms. The second-order valence-electron chi connectivity index (χ2n) is 3.19. The van der Waals surface area contributed by atoms with E-state index in [0.29, 0.717) is 11.3 Å². The van der Waals surface area contributed by atoms with Gasteiger partial charge in [0.15, 0.2) is 0 Å². The maximum atomic E-state index is 12.6. The highest BCUT2D eigenvalue weighted by Gasteiger charge is 2.36. The number of nitrogens with zero attached hydrogens (tertiary/aromatic N) is 1. The molecular formula is C11H14F3N. The van der Waals surface area contributed by atoms with Crippen LogP contribution in [0.25, 0.3) is 0 Å². The number of halogens is 3. The lowest BCUT2D eigenvalue weighted by Crippen LogP contribution is -2.38. The monoisotopic (exact) mass is 217 g/mol. The number of hydrogen-bond acceptors (Lipinski definition) is 1. The zero-order valence-electron chi connectivity index (χ0n) is 8.80. The Morgan fingerprint density at radius 1 is 1.13 bits per heavy atom. The highest BCUT2D eigenvalue weighted by Crippen LogP contribution is 2.30. The van der Waals surface area contributed by atoms with Crippen LogP contribution in [0, 0.1) is 0 Å². The lowest BCUT2D eigenvalue weighted by molar-refractivity contribution is -0.128. The van der Waals surface area contributed by atoms with Crippen LogP contribution in [0.15, 0.2) is 24.3 Å². The minimum absolute atomic E-state index is 0.0689. The molecule has 0 heterocycles. The van der Waals surface area contributed by atoms with Crippen molar-refractivity contribution in [3.8, 4) is 0 Å². The summed E-state index contributed by atoms with van der Waals surface area (Å²) in [7, 11) is 0. The van der Waals surface area contributed by atoms with Gasteiger partial charge < -0.3 is 0 Å². The number of benzene rings is 1. The fourth-order valence-electron chi connectivity index (χ4n) is 1.56. The molecule has 1 nitrogen and oxygen atoms in total. The summed E-state index contributed by atoms with van der Waals surface area (Å²) in [6.07, 6.45) is -3.71. The van der Waals surface area contributed by atoms with Gasteiger partial charge in [0.1, 0.15) is 0 Å². The van der Waals surface area contributed by atoms with Crippen molar-refractivity contribution in [2.45, 2.75) is 26.6 Å². The molecule has 84 valence electrons. The summed E-state index contributed by atoms with van der Waals surface area (Å²) in [4.78, 5) is 0.464. The van der Waals surface area contributed by atoms with E-state index in [1.165, 1.54) is 13.0 Å². The molecule has 0 radical (unpaired) electrons. The Bertz CT molecular complexity index is 320. The highest BCUT2D eigenvalue weighted by molar-refractivity contribution is 5.54. The van der Waals surface area contributed by atoms with E-state index in [1.807, 2.05) is 6.92 Å². The van der Waals surface area contributed by atoms with Crippen LogP contribution in [0.1, 0.15) is 19.4 Å². The van der Waals surface area contributed by atoms with E-state index in [-0.39, 0.29) is 12.2 Å². The zero-order chi connectivity index (χ0) is 11.5. The van der Waals surface area contributed by atoms with Crippen molar-refractivity contribution in [3.63, 3.8) is 0 Å². The summed E-state index contributed by atoms with van der Waals surface area (Å²) < 4.78 is 37.9. The van der Waals surface area contributed by atoms with Crippen LogP contribution in [0.5, 0.6) is 0 Å². The fraction of sp³-hybridized carbons (Fsp3) is 0.455. The van der Waals surface area contributed by atoms with E-state index in [1.54, 1.807) is 18.2 Å².